The minimum absolute atomic E-state index is 0.139. The molecule has 0 spiro atoms. The molecule has 0 N–H and O–H groups in total. The van der Waals surface area contributed by atoms with Gasteiger partial charge in [0.1, 0.15) is 18.5 Å². The predicted molar refractivity (Wildman–Crippen MR) is 96.2 cm³/mol. The van der Waals surface area contributed by atoms with Crippen LogP contribution in [0.3, 0.4) is 0 Å². The van der Waals surface area contributed by atoms with Crippen LogP contribution in [-0.4, -0.2) is 41.9 Å². The van der Waals surface area contributed by atoms with E-state index in [2.05, 4.69) is 6.58 Å². The zero-order valence-electron chi connectivity index (χ0n) is 15.4. The molecule has 1 aliphatic heterocycles. The molecule has 1 aromatic carbocycles. The fraction of sp³-hybridized carbons (Fsp3) is 0.450. The number of hydrogen-bond acceptors (Lipinski definition) is 5. The molecule has 0 saturated carbocycles. The van der Waals surface area contributed by atoms with Gasteiger partial charge in [0.05, 0.1) is 5.92 Å². The number of carbonyl (C=O) groups is 3. The Labute approximate surface area is 153 Å². The molecular formula is C20H25NO5. The number of amides is 1. The number of benzene rings is 1. The van der Waals surface area contributed by atoms with E-state index in [1.807, 2.05) is 30.3 Å². The van der Waals surface area contributed by atoms with Gasteiger partial charge in [-0.05, 0) is 31.9 Å². The standard InChI is InChI=1S/C20H25NO5/c1-14(12-22)16-10-21(11-17(16)18(23)26-20(2,3)4)19(24)25-13-15-8-6-5-7-9-15/h5-9,12,16-17H,1,10-11,13H2,2-4H3/t16-,17?/m0/s1. The van der Waals surface area contributed by atoms with E-state index in [1.54, 1.807) is 20.8 Å². The van der Waals surface area contributed by atoms with Gasteiger partial charge in [-0.15, -0.1) is 0 Å². The number of carbonyl (C=O) groups excluding carboxylic acids is 3. The number of esters is 1. The van der Waals surface area contributed by atoms with Crippen LogP contribution in [0.5, 0.6) is 0 Å². The van der Waals surface area contributed by atoms with Crippen molar-refractivity contribution in [2.75, 3.05) is 13.1 Å². The van der Waals surface area contributed by atoms with Crippen molar-refractivity contribution >= 4 is 18.3 Å². The smallest absolute Gasteiger partial charge is 0.410 e. The van der Waals surface area contributed by atoms with Gasteiger partial charge in [-0.3, -0.25) is 9.59 Å². The van der Waals surface area contributed by atoms with Crippen LogP contribution in [0, 0.1) is 11.8 Å². The average molecular weight is 359 g/mol. The van der Waals surface area contributed by atoms with Gasteiger partial charge in [-0.25, -0.2) is 4.79 Å². The molecule has 1 saturated heterocycles. The first kappa shape index (κ1) is 19.7. The molecule has 0 aliphatic carbocycles. The lowest BCUT2D eigenvalue weighted by Crippen LogP contribution is -2.34. The Hall–Kier alpha value is -2.63. The second-order valence-corrected chi connectivity index (χ2v) is 7.38. The van der Waals surface area contributed by atoms with Crippen molar-refractivity contribution in [1.82, 2.24) is 4.90 Å². The number of ether oxygens (including phenoxy) is 2. The highest BCUT2D eigenvalue weighted by molar-refractivity contribution is 5.81. The molecule has 26 heavy (non-hydrogen) atoms. The highest BCUT2D eigenvalue weighted by Crippen LogP contribution is 2.31. The zero-order valence-corrected chi connectivity index (χ0v) is 15.4. The van der Waals surface area contributed by atoms with Crippen LogP contribution in [0.2, 0.25) is 0 Å². The Kier molecular flexibility index (Phi) is 6.18. The summed E-state index contributed by atoms with van der Waals surface area (Å²) in [5.74, 6) is -1.54. The molecule has 1 amide bonds. The minimum atomic E-state index is -0.647. The van der Waals surface area contributed by atoms with Gasteiger partial charge in [0.2, 0.25) is 0 Å². The number of nitrogens with zero attached hydrogens (tertiary/aromatic N) is 1. The second-order valence-electron chi connectivity index (χ2n) is 7.38. The summed E-state index contributed by atoms with van der Waals surface area (Å²) >= 11 is 0. The first-order valence-electron chi connectivity index (χ1n) is 8.53. The fourth-order valence-corrected chi connectivity index (χ4v) is 2.84. The van der Waals surface area contributed by atoms with Crippen LogP contribution >= 0.6 is 0 Å². The van der Waals surface area contributed by atoms with Crippen LogP contribution < -0.4 is 0 Å². The molecule has 0 aromatic heterocycles. The van der Waals surface area contributed by atoms with Gasteiger partial charge < -0.3 is 14.4 Å². The molecular weight excluding hydrogens is 334 g/mol. The van der Waals surface area contributed by atoms with Crippen LogP contribution in [0.25, 0.3) is 0 Å². The van der Waals surface area contributed by atoms with Crippen LogP contribution in [-0.2, 0) is 25.7 Å². The monoisotopic (exact) mass is 359 g/mol. The lowest BCUT2D eigenvalue weighted by atomic mass is 9.90. The lowest BCUT2D eigenvalue weighted by molar-refractivity contribution is -0.160. The normalized spacial score (nSPS) is 19.7. The maximum atomic E-state index is 12.5. The summed E-state index contributed by atoms with van der Waals surface area (Å²) in [6.07, 6.45) is 0.101. The average Bonchev–Trinajstić information content (AvgIpc) is 3.04. The first-order chi connectivity index (χ1) is 12.2. The van der Waals surface area contributed by atoms with Crippen molar-refractivity contribution in [2.24, 2.45) is 11.8 Å². The van der Waals surface area contributed by atoms with Gasteiger partial charge >= 0.3 is 12.1 Å². The molecule has 1 unspecified atom stereocenters. The molecule has 1 heterocycles. The van der Waals surface area contributed by atoms with Gasteiger partial charge in [0, 0.05) is 19.0 Å². The van der Waals surface area contributed by atoms with E-state index in [1.165, 1.54) is 4.90 Å². The van der Waals surface area contributed by atoms with Crippen LogP contribution in [0.1, 0.15) is 26.3 Å². The van der Waals surface area contributed by atoms with Crippen molar-refractivity contribution in [1.29, 1.82) is 0 Å². The molecule has 1 aromatic rings. The summed E-state index contributed by atoms with van der Waals surface area (Å²) in [5, 5.41) is 0. The summed E-state index contributed by atoms with van der Waals surface area (Å²) in [6.45, 7) is 9.52. The largest absolute Gasteiger partial charge is 0.460 e. The molecule has 0 bridgehead atoms. The molecule has 140 valence electrons. The SMILES string of the molecule is C=C(C=O)[C@@H]1CN(C(=O)OCc2ccccc2)CC1C(=O)OC(C)(C)C. The Morgan fingerprint density at radius 3 is 2.38 bits per heavy atom. The van der Waals surface area contributed by atoms with Gasteiger partial charge in [0.15, 0.2) is 0 Å². The Balaban J connectivity index is 2.04. The Morgan fingerprint density at radius 2 is 1.81 bits per heavy atom. The van der Waals surface area contributed by atoms with E-state index < -0.39 is 29.5 Å². The lowest BCUT2D eigenvalue weighted by Gasteiger charge is -2.24. The summed E-state index contributed by atoms with van der Waals surface area (Å²) < 4.78 is 10.7. The van der Waals surface area contributed by atoms with E-state index in [9.17, 15) is 14.4 Å². The van der Waals surface area contributed by atoms with E-state index >= 15 is 0 Å². The van der Waals surface area contributed by atoms with Crippen molar-refractivity contribution < 1.29 is 23.9 Å². The van der Waals surface area contributed by atoms with E-state index in [-0.39, 0.29) is 25.3 Å². The summed E-state index contributed by atoms with van der Waals surface area (Å²) in [7, 11) is 0. The molecule has 1 aliphatic rings. The van der Waals surface area contributed by atoms with Crippen LogP contribution in [0.15, 0.2) is 42.5 Å². The maximum absolute atomic E-state index is 12.5. The summed E-state index contributed by atoms with van der Waals surface area (Å²) in [5.41, 5.74) is 0.502. The number of hydrogen-bond donors (Lipinski definition) is 0. The highest BCUT2D eigenvalue weighted by atomic mass is 16.6. The topological polar surface area (TPSA) is 72.9 Å². The summed E-state index contributed by atoms with van der Waals surface area (Å²) in [6, 6.07) is 9.33. The zero-order chi connectivity index (χ0) is 19.3. The molecule has 1 fully saturated rings. The predicted octanol–water partition coefficient (Wildman–Crippen LogP) is 2.97. The number of likely N-dealkylation sites (tertiary alicyclic amines) is 1. The first-order valence-corrected chi connectivity index (χ1v) is 8.53. The number of aldehydes is 1. The molecule has 6 nitrogen and oxygen atoms in total. The van der Waals surface area contributed by atoms with E-state index in [0.29, 0.717) is 6.29 Å². The Bertz CT molecular complexity index is 677. The molecule has 0 radical (unpaired) electrons. The van der Waals surface area contributed by atoms with Gasteiger partial charge in [-0.1, -0.05) is 36.9 Å². The maximum Gasteiger partial charge on any atom is 0.410 e. The Morgan fingerprint density at radius 1 is 1.19 bits per heavy atom. The van der Waals surface area contributed by atoms with E-state index in [4.69, 9.17) is 9.47 Å². The molecule has 2 rings (SSSR count). The van der Waals surface area contributed by atoms with Gasteiger partial charge in [0.25, 0.3) is 0 Å². The van der Waals surface area contributed by atoms with Crippen molar-refractivity contribution in [3.8, 4) is 0 Å². The minimum Gasteiger partial charge on any atom is -0.460 e. The van der Waals surface area contributed by atoms with Crippen molar-refractivity contribution in [3.63, 3.8) is 0 Å². The van der Waals surface area contributed by atoms with Gasteiger partial charge in [-0.2, -0.15) is 0 Å². The highest BCUT2D eigenvalue weighted by Gasteiger charge is 2.43. The molecule has 6 heteroatoms. The van der Waals surface area contributed by atoms with E-state index in [0.717, 1.165) is 5.56 Å². The van der Waals surface area contributed by atoms with Crippen LogP contribution in [0.4, 0.5) is 4.79 Å². The second kappa shape index (κ2) is 8.17. The third-order valence-electron chi connectivity index (χ3n) is 4.12. The quantitative estimate of drug-likeness (QED) is 0.459. The van der Waals surface area contributed by atoms with Crippen molar-refractivity contribution in [3.05, 3.63) is 48.0 Å². The number of rotatable bonds is 5. The third-order valence-corrected chi connectivity index (χ3v) is 4.12. The molecule has 2 atom stereocenters. The summed E-state index contributed by atoms with van der Waals surface area (Å²) in [4.78, 5) is 37.4. The fourth-order valence-electron chi connectivity index (χ4n) is 2.84. The third kappa shape index (κ3) is 5.18. The van der Waals surface area contributed by atoms with Crippen molar-refractivity contribution in [2.45, 2.75) is 33.0 Å².